The molecule has 1 heterocycles. The van der Waals surface area contributed by atoms with Crippen molar-refractivity contribution in [1.29, 1.82) is 0 Å². The molecule has 1 unspecified atom stereocenters. The average molecular weight is 277 g/mol. The van der Waals surface area contributed by atoms with Crippen molar-refractivity contribution in [2.24, 2.45) is 0 Å². The Bertz CT molecular complexity index is 572. The van der Waals surface area contributed by atoms with Gasteiger partial charge >= 0.3 is 0 Å². The lowest BCUT2D eigenvalue weighted by Gasteiger charge is -2.20. The average Bonchev–Trinajstić information content (AvgIpc) is 2.42. The smallest absolute Gasteiger partial charge is 0.124 e. The molecule has 0 amide bonds. The van der Waals surface area contributed by atoms with Crippen LogP contribution < -0.4 is 10.1 Å². The minimum absolute atomic E-state index is 0.0939. The van der Waals surface area contributed by atoms with Crippen molar-refractivity contribution in [3.05, 3.63) is 58.4 Å². The fourth-order valence-corrected chi connectivity index (χ4v) is 2.36. The van der Waals surface area contributed by atoms with Crippen molar-refractivity contribution < 1.29 is 4.74 Å². The van der Waals surface area contributed by atoms with E-state index >= 15 is 0 Å². The van der Waals surface area contributed by atoms with E-state index in [0.717, 1.165) is 17.0 Å². The molecule has 19 heavy (non-hydrogen) atoms. The summed E-state index contributed by atoms with van der Waals surface area (Å²) in [5, 5.41) is 3.89. The van der Waals surface area contributed by atoms with Crippen LogP contribution in [-0.4, -0.2) is 19.1 Å². The summed E-state index contributed by atoms with van der Waals surface area (Å²) in [5.74, 6) is 0.826. The highest BCUT2D eigenvalue weighted by atomic mass is 35.5. The number of nitrogens with zero attached hydrogens (tertiary/aromatic N) is 1. The second-order valence-corrected chi connectivity index (χ2v) is 4.74. The molecule has 4 heteroatoms. The molecule has 0 aliphatic rings. The van der Waals surface area contributed by atoms with Gasteiger partial charge < -0.3 is 10.1 Å². The normalized spacial score (nSPS) is 12.2. The van der Waals surface area contributed by atoms with Crippen LogP contribution in [0.3, 0.4) is 0 Å². The van der Waals surface area contributed by atoms with E-state index in [1.54, 1.807) is 13.3 Å². The molecule has 0 aliphatic heterocycles. The monoisotopic (exact) mass is 276 g/mol. The van der Waals surface area contributed by atoms with E-state index in [-0.39, 0.29) is 6.04 Å². The van der Waals surface area contributed by atoms with E-state index in [2.05, 4.69) is 23.3 Å². The second kappa shape index (κ2) is 6.04. The van der Waals surface area contributed by atoms with Gasteiger partial charge in [-0.3, -0.25) is 4.98 Å². The van der Waals surface area contributed by atoms with Gasteiger partial charge in [-0.25, -0.2) is 0 Å². The summed E-state index contributed by atoms with van der Waals surface area (Å²) in [6, 6.07) is 9.65. The van der Waals surface area contributed by atoms with Crippen LogP contribution in [0.5, 0.6) is 5.75 Å². The first-order chi connectivity index (χ1) is 9.17. The van der Waals surface area contributed by atoms with Crippen molar-refractivity contribution in [3.63, 3.8) is 0 Å². The Morgan fingerprint density at radius 3 is 2.74 bits per heavy atom. The zero-order valence-corrected chi connectivity index (χ0v) is 12.0. The van der Waals surface area contributed by atoms with Crippen LogP contribution in [0.2, 0.25) is 5.02 Å². The molecule has 1 atom stereocenters. The van der Waals surface area contributed by atoms with Gasteiger partial charge in [0, 0.05) is 11.8 Å². The lowest BCUT2D eigenvalue weighted by Crippen LogP contribution is -2.20. The molecule has 0 saturated carbocycles. The molecule has 0 radical (unpaired) electrons. The Balaban J connectivity index is 2.54. The number of rotatable bonds is 4. The summed E-state index contributed by atoms with van der Waals surface area (Å²) in [5.41, 5.74) is 3.00. The topological polar surface area (TPSA) is 34.1 Å². The summed E-state index contributed by atoms with van der Waals surface area (Å²) in [6.07, 6.45) is 1.74. The number of pyridine rings is 1. The van der Waals surface area contributed by atoms with E-state index in [1.807, 2.05) is 31.3 Å². The quantitative estimate of drug-likeness (QED) is 0.930. The van der Waals surface area contributed by atoms with E-state index in [9.17, 15) is 0 Å². The van der Waals surface area contributed by atoms with Gasteiger partial charge in [0.1, 0.15) is 5.75 Å². The fourth-order valence-electron chi connectivity index (χ4n) is 2.13. The van der Waals surface area contributed by atoms with Gasteiger partial charge in [-0.2, -0.15) is 0 Å². The highest BCUT2D eigenvalue weighted by Gasteiger charge is 2.20. The molecule has 1 aromatic heterocycles. The van der Waals surface area contributed by atoms with Gasteiger partial charge in [-0.1, -0.05) is 29.3 Å². The maximum absolute atomic E-state index is 6.24. The number of ether oxygens (including phenoxy) is 1. The van der Waals surface area contributed by atoms with E-state index in [4.69, 9.17) is 16.3 Å². The third-order valence-corrected chi connectivity index (χ3v) is 3.36. The summed E-state index contributed by atoms with van der Waals surface area (Å²) in [4.78, 5) is 4.38. The molecular formula is C15H17ClN2O. The fraction of sp³-hybridized carbons (Fsp3) is 0.267. The number of aromatic nitrogens is 1. The number of halogens is 1. The Labute approximate surface area is 118 Å². The molecule has 0 spiro atoms. The summed E-state index contributed by atoms with van der Waals surface area (Å²) in [7, 11) is 3.55. The summed E-state index contributed by atoms with van der Waals surface area (Å²) < 4.78 is 5.43. The minimum atomic E-state index is -0.0939. The second-order valence-electron chi connectivity index (χ2n) is 4.34. The van der Waals surface area contributed by atoms with Crippen LogP contribution >= 0.6 is 11.6 Å². The number of hydrogen-bond donors (Lipinski definition) is 1. The molecule has 0 fully saturated rings. The van der Waals surface area contributed by atoms with Crippen molar-refractivity contribution in [2.75, 3.05) is 14.2 Å². The van der Waals surface area contributed by atoms with Crippen molar-refractivity contribution >= 4 is 11.6 Å². The Morgan fingerprint density at radius 1 is 1.32 bits per heavy atom. The molecule has 0 aliphatic carbocycles. The number of aryl methyl sites for hydroxylation is 1. The van der Waals surface area contributed by atoms with Gasteiger partial charge in [0.15, 0.2) is 0 Å². The summed E-state index contributed by atoms with van der Waals surface area (Å²) in [6.45, 7) is 2.05. The number of methoxy groups -OCH3 is 1. The summed E-state index contributed by atoms with van der Waals surface area (Å²) >= 11 is 6.24. The van der Waals surface area contributed by atoms with Crippen LogP contribution in [-0.2, 0) is 0 Å². The first-order valence-electron chi connectivity index (χ1n) is 6.09. The van der Waals surface area contributed by atoms with Crippen LogP contribution in [0.25, 0.3) is 0 Å². The van der Waals surface area contributed by atoms with Gasteiger partial charge in [-0.05, 0) is 32.2 Å². The molecule has 100 valence electrons. The van der Waals surface area contributed by atoms with Crippen LogP contribution in [0.4, 0.5) is 0 Å². The standard InChI is InChI=1S/C15H17ClN2O/c1-10-6-7-13(19-3)11(9-10)14(17-2)15-12(16)5-4-8-18-15/h4-9,14,17H,1-3H3. The SMILES string of the molecule is CNC(c1cc(C)ccc1OC)c1ncccc1Cl. The van der Waals surface area contributed by atoms with Gasteiger partial charge in [0.2, 0.25) is 0 Å². The van der Waals surface area contributed by atoms with E-state index < -0.39 is 0 Å². The van der Waals surface area contributed by atoms with Gasteiger partial charge in [0.05, 0.1) is 23.9 Å². The van der Waals surface area contributed by atoms with Crippen LogP contribution in [0.1, 0.15) is 22.9 Å². The Morgan fingerprint density at radius 2 is 2.11 bits per heavy atom. The van der Waals surface area contributed by atoms with Crippen LogP contribution in [0.15, 0.2) is 36.5 Å². The zero-order valence-electron chi connectivity index (χ0n) is 11.3. The van der Waals surface area contributed by atoms with E-state index in [0.29, 0.717) is 5.02 Å². The molecule has 0 saturated heterocycles. The molecule has 2 aromatic rings. The Kier molecular flexibility index (Phi) is 4.40. The third-order valence-electron chi connectivity index (χ3n) is 3.05. The minimum Gasteiger partial charge on any atom is -0.496 e. The number of hydrogen-bond acceptors (Lipinski definition) is 3. The lowest BCUT2D eigenvalue weighted by atomic mass is 10.00. The number of nitrogens with one attached hydrogen (secondary N) is 1. The Hall–Kier alpha value is -1.58. The predicted octanol–water partition coefficient (Wildman–Crippen LogP) is 3.36. The molecule has 1 N–H and O–H groups in total. The molecule has 1 aromatic carbocycles. The zero-order chi connectivity index (χ0) is 13.8. The maximum Gasteiger partial charge on any atom is 0.124 e. The van der Waals surface area contributed by atoms with Gasteiger partial charge in [0.25, 0.3) is 0 Å². The van der Waals surface area contributed by atoms with Crippen LogP contribution in [0, 0.1) is 6.92 Å². The van der Waals surface area contributed by atoms with Crippen molar-refractivity contribution in [2.45, 2.75) is 13.0 Å². The number of benzene rings is 1. The maximum atomic E-state index is 6.24. The highest BCUT2D eigenvalue weighted by Crippen LogP contribution is 2.32. The van der Waals surface area contributed by atoms with E-state index in [1.165, 1.54) is 5.56 Å². The molecule has 3 nitrogen and oxygen atoms in total. The third kappa shape index (κ3) is 2.88. The van der Waals surface area contributed by atoms with Crippen molar-refractivity contribution in [1.82, 2.24) is 10.3 Å². The van der Waals surface area contributed by atoms with Gasteiger partial charge in [-0.15, -0.1) is 0 Å². The lowest BCUT2D eigenvalue weighted by molar-refractivity contribution is 0.405. The molecular weight excluding hydrogens is 260 g/mol. The van der Waals surface area contributed by atoms with Crippen molar-refractivity contribution in [3.8, 4) is 5.75 Å². The first-order valence-corrected chi connectivity index (χ1v) is 6.47. The first kappa shape index (κ1) is 13.8. The molecule has 2 rings (SSSR count). The highest BCUT2D eigenvalue weighted by molar-refractivity contribution is 6.31. The predicted molar refractivity (Wildman–Crippen MR) is 77.9 cm³/mol. The largest absolute Gasteiger partial charge is 0.496 e. The molecule has 0 bridgehead atoms.